The average molecular weight is 468 g/mol. The number of aromatic nitrogens is 1. The first kappa shape index (κ1) is 21.8. The number of halogens is 2. The molecule has 0 spiro atoms. The number of aliphatic hydroxyl groups is 1. The molecule has 2 heterocycles. The summed E-state index contributed by atoms with van der Waals surface area (Å²) in [5.41, 5.74) is -0.134. The Bertz CT molecular complexity index is 1380. The molecule has 1 aromatic heterocycles. The number of nitrogens with zero attached hydrogens (tertiary/aromatic N) is 4. The van der Waals surface area contributed by atoms with Crippen LogP contribution in [0.3, 0.4) is 0 Å². The molecular weight excluding hydrogens is 453 g/mol. The number of fused-ring (bicyclic) bond motifs is 1. The lowest BCUT2D eigenvalue weighted by Gasteiger charge is -2.26. The molecular formula is C22H15Cl2N5O3. The molecule has 1 atom stereocenters. The fourth-order valence-corrected chi connectivity index (χ4v) is 3.55. The molecule has 0 saturated carbocycles. The molecule has 0 bridgehead atoms. The van der Waals surface area contributed by atoms with Crippen LogP contribution in [0.25, 0.3) is 0 Å². The number of pyridine rings is 1. The Hall–Kier alpha value is -3.43. The van der Waals surface area contributed by atoms with Crippen molar-refractivity contribution in [2.45, 2.75) is 6.10 Å². The highest BCUT2D eigenvalue weighted by molar-refractivity contribution is 6.31. The summed E-state index contributed by atoms with van der Waals surface area (Å²) in [7, 11) is 0. The smallest absolute Gasteiger partial charge is 0.298 e. The maximum atomic E-state index is 13.0. The molecule has 0 aliphatic carbocycles. The van der Waals surface area contributed by atoms with Crippen LogP contribution in [0.1, 0.15) is 22.0 Å². The predicted octanol–water partition coefficient (Wildman–Crippen LogP) is 2.13. The highest BCUT2D eigenvalue weighted by Gasteiger charge is 2.32. The Morgan fingerprint density at radius 2 is 1.72 bits per heavy atom. The maximum Gasteiger partial charge on any atom is 0.298 e. The number of amides is 2. The summed E-state index contributed by atoms with van der Waals surface area (Å²) < 4.78 is 0. The highest BCUT2D eigenvalue weighted by atomic mass is 35.5. The second kappa shape index (κ2) is 8.97. The number of hydrogen-bond acceptors (Lipinski definition) is 6. The molecule has 160 valence electrons. The number of rotatable bonds is 4. The average Bonchev–Trinajstić information content (AvgIpc) is 2.79. The molecule has 3 N–H and O–H groups in total. The van der Waals surface area contributed by atoms with Crippen molar-refractivity contribution < 1.29 is 14.7 Å². The molecule has 1 aliphatic rings. The molecule has 0 saturated heterocycles. The fourth-order valence-electron chi connectivity index (χ4n) is 3.14. The van der Waals surface area contributed by atoms with Crippen LogP contribution in [0.15, 0.2) is 88.4 Å². The Morgan fingerprint density at radius 1 is 1.00 bits per heavy atom. The number of nitrogens with two attached hydrogens (primary N) is 1. The SMILES string of the molecule is NN(C(=O)c1ccncc1)C(=C1N=c2ccc(Cl)cc2=NC1=O)C(O)c1ccccc1Cl. The summed E-state index contributed by atoms with van der Waals surface area (Å²) >= 11 is 12.2. The number of hydrogen-bond donors (Lipinski definition) is 2. The van der Waals surface area contributed by atoms with Crippen molar-refractivity contribution >= 4 is 35.0 Å². The van der Waals surface area contributed by atoms with E-state index in [0.717, 1.165) is 0 Å². The van der Waals surface area contributed by atoms with Gasteiger partial charge in [0, 0.05) is 33.6 Å². The Labute approximate surface area is 191 Å². The quantitative estimate of drug-likeness (QED) is 0.263. The third-order valence-corrected chi connectivity index (χ3v) is 5.28. The third kappa shape index (κ3) is 4.17. The first-order chi connectivity index (χ1) is 15.4. The van der Waals surface area contributed by atoms with Crippen molar-refractivity contribution in [3.8, 4) is 0 Å². The van der Waals surface area contributed by atoms with E-state index in [1.807, 2.05) is 0 Å². The van der Waals surface area contributed by atoms with Gasteiger partial charge in [0.1, 0.15) is 11.8 Å². The van der Waals surface area contributed by atoms with Crippen molar-refractivity contribution in [3.63, 3.8) is 0 Å². The van der Waals surface area contributed by atoms with E-state index in [1.165, 1.54) is 30.6 Å². The van der Waals surface area contributed by atoms with E-state index in [1.54, 1.807) is 36.4 Å². The van der Waals surface area contributed by atoms with Gasteiger partial charge in [-0.05, 0) is 36.4 Å². The molecule has 1 aliphatic heterocycles. The molecule has 2 amide bonds. The summed E-state index contributed by atoms with van der Waals surface area (Å²) in [5, 5.41) is 13.1. The number of carbonyl (C=O) groups excluding carboxylic acids is 2. The van der Waals surface area contributed by atoms with Crippen LogP contribution in [0.2, 0.25) is 10.0 Å². The molecule has 3 aromatic rings. The Balaban J connectivity index is 1.93. The van der Waals surface area contributed by atoms with E-state index < -0.39 is 17.9 Å². The van der Waals surface area contributed by atoms with Crippen LogP contribution in [0, 0.1) is 0 Å². The molecule has 10 heteroatoms. The molecule has 2 aromatic carbocycles. The molecule has 1 unspecified atom stereocenters. The fraction of sp³-hybridized carbons (Fsp3) is 0.0455. The van der Waals surface area contributed by atoms with Crippen molar-refractivity contribution in [1.29, 1.82) is 0 Å². The van der Waals surface area contributed by atoms with Gasteiger partial charge in [0.15, 0.2) is 5.70 Å². The minimum Gasteiger partial charge on any atom is -0.382 e. The van der Waals surface area contributed by atoms with Gasteiger partial charge < -0.3 is 5.11 Å². The van der Waals surface area contributed by atoms with Crippen LogP contribution < -0.4 is 16.6 Å². The molecule has 0 radical (unpaired) electrons. The summed E-state index contributed by atoms with van der Waals surface area (Å²) in [5.74, 6) is 4.66. The summed E-state index contributed by atoms with van der Waals surface area (Å²) in [6.45, 7) is 0. The minimum absolute atomic E-state index is 0.194. The van der Waals surface area contributed by atoms with E-state index in [2.05, 4.69) is 15.0 Å². The van der Waals surface area contributed by atoms with Gasteiger partial charge in [-0.1, -0.05) is 41.4 Å². The number of carbonyl (C=O) groups is 2. The van der Waals surface area contributed by atoms with Crippen molar-refractivity contribution in [1.82, 2.24) is 9.99 Å². The minimum atomic E-state index is -1.55. The molecule has 0 fully saturated rings. The Kier molecular flexibility index (Phi) is 6.11. The second-order valence-electron chi connectivity index (χ2n) is 6.73. The zero-order chi connectivity index (χ0) is 22.8. The lowest BCUT2D eigenvalue weighted by Crippen LogP contribution is -2.41. The molecule has 8 nitrogen and oxygen atoms in total. The first-order valence-electron chi connectivity index (χ1n) is 9.30. The van der Waals surface area contributed by atoms with Crippen molar-refractivity contribution in [2.75, 3.05) is 0 Å². The summed E-state index contributed by atoms with van der Waals surface area (Å²) in [6.07, 6.45) is 1.29. The monoisotopic (exact) mass is 467 g/mol. The van der Waals surface area contributed by atoms with Gasteiger partial charge in [0.05, 0.1) is 10.7 Å². The maximum absolute atomic E-state index is 13.0. The highest BCUT2D eigenvalue weighted by Crippen LogP contribution is 2.32. The summed E-state index contributed by atoms with van der Waals surface area (Å²) in [6, 6.07) is 14.0. The second-order valence-corrected chi connectivity index (χ2v) is 7.57. The van der Waals surface area contributed by atoms with Gasteiger partial charge in [0.25, 0.3) is 11.8 Å². The molecule has 4 rings (SSSR count). The zero-order valence-electron chi connectivity index (χ0n) is 16.3. The van der Waals surface area contributed by atoms with Gasteiger partial charge in [-0.15, -0.1) is 0 Å². The Morgan fingerprint density at radius 3 is 2.44 bits per heavy atom. The lowest BCUT2D eigenvalue weighted by atomic mass is 10.0. The topological polar surface area (TPSA) is 121 Å². The number of benzene rings is 2. The van der Waals surface area contributed by atoms with Crippen LogP contribution in [0.5, 0.6) is 0 Å². The first-order valence-corrected chi connectivity index (χ1v) is 10.1. The van der Waals surface area contributed by atoms with Gasteiger partial charge in [-0.3, -0.25) is 14.6 Å². The number of aliphatic hydroxyl groups excluding tert-OH is 1. The third-order valence-electron chi connectivity index (χ3n) is 4.70. The number of hydrazine groups is 1. The largest absolute Gasteiger partial charge is 0.382 e. The van der Waals surface area contributed by atoms with Gasteiger partial charge >= 0.3 is 0 Å². The van der Waals surface area contributed by atoms with E-state index in [4.69, 9.17) is 29.0 Å². The van der Waals surface area contributed by atoms with E-state index in [-0.39, 0.29) is 32.9 Å². The predicted molar refractivity (Wildman–Crippen MR) is 117 cm³/mol. The molecule has 32 heavy (non-hydrogen) atoms. The van der Waals surface area contributed by atoms with Gasteiger partial charge in [-0.2, -0.15) is 0 Å². The normalized spacial score (nSPS) is 15.2. The standard InChI is InChI=1S/C22H15Cl2N5O3/c23-13-5-6-16-17(11-13)28-21(31)18(27-16)19(20(30)14-3-1-2-4-15(14)24)29(25)22(32)12-7-9-26-10-8-12/h1-11,20,30H,25H2. The van der Waals surface area contributed by atoms with Gasteiger partial charge in [0.2, 0.25) is 0 Å². The van der Waals surface area contributed by atoms with E-state index in [9.17, 15) is 14.7 Å². The van der Waals surface area contributed by atoms with Crippen LogP contribution in [-0.4, -0.2) is 26.9 Å². The van der Waals surface area contributed by atoms with Crippen LogP contribution >= 0.6 is 23.2 Å². The van der Waals surface area contributed by atoms with Crippen molar-refractivity contribution in [2.24, 2.45) is 15.8 Å². The summed E-state index contributed by atoms with van der Waals surface area (Å²) in [4.78, 5) is 38.1. The van der Waals surface area contributed by atoms with Gasteiger partial charge in [-0.25, -0.2) is 20.8 Å². The lowest BCUT2D eigenvalue weighted by molar-refractivity contribution is -0.115. The van der Waals surface area contributed by atoms with Crippen LogP contribution in [0.4, 0.5) is 0 Å². The van der Waals surface area contributed by atoms with Crippen molar-refractivity contribution in [3.05, 3.63) is 110 Å². The van der Waals surface area contributed by atoms with Crippen LogP contribution in [-0.2, 0) is 4.79 Å². The van der Waals surface area contributed by atoms with E-state index in [0.29, 0.717) is 15.4 Å². The van der Waals surface area contributed by atoms with E-state index >= 15 is 0 Å². The zero-order valence-corrected chi connectivity index (χ0v) is 17.8.